The highest BCUT2D eigenvalue weighted by atomic mass is 32.1. The van der Waals surface area contributed by atoms with Gasteiger partial charge < -0.3 is 20.5 Å². The average molecular weight is 374 g/mol. The second kappa shape index (κ2) is 7.33. The third-order valence-electron chi connectivity index (χ3n) is 3.85. The normalized spacial score (nSPS) is 13.8. The number of hydrogen-bond donors (Lipinski definition) is 3. The fraction of sp³-hybridized carbons (Fsp3) is 0.389. The third-order valence-corrected chi connectivity index (χ3v) is 4.99. The fourth-order valence-corrected chi connectivity index (χ4v) is 3.56. The van der Waals surface area contributed by atoms with E-state index in [1.165, 1.54) is 11.3 Å². The molecule has 8 heteroatoms. The molecule has 3 rings (SSSR count). The molecule has 0 aliphatic carbocycles. The molecule has 0 radical (unpaired) electrons. The highest BCUT2D eigenvalue weighted by Gasteiger charge is 2.23. The van der Waals surface area contributed by atoms with E-state index in [0.29, 0.717) is 28.9 Å². The van der Waals surface area contributed by atoms with Crippen molar-refractivity contribution in [3.63, 3.8) is 0 Å². The highest BCUT2D eigenvalue weighted by molar-refractivity contribution is 7.14. The second-order valence-corrected chi connectivity index (χ2v) is 7.47. The lowest BCUT2D eigenvalue weighted by Gasteiger charge is -2.14. The van der Waals surface area contributed by atoms with Crippen molar-refractivity contribution in [3.05, 3.63) is 28.1 Å². The summed E-state index contributed by atoms with van der Waals surface area (Å²) >= 11 is 1.51. The van der Waals surface area contributed by atoms with Crippen molar-refractivity contribution < 1.29 is 14.3 Å². The zero-order valence-electron chi connectivity index (χ0n) is 15.0. The molecule has 0 saturated carbocycles. The zero-order chi connectivity index (χ0) is 18.8. The van der Waals surface area contributed by atoms with Crippen LogP contribution in [0.15, 0.2) is 18.2 Å². The molecule has 2 heterocycles. The molecule has 0 unspecified atom stereocenters. The standard InChI is InChI=1S/C18H22N4O3S/c1-9(2)21-16(19)18-22-15-12-5-4-11(25-10(3)17(20)23)8-13(12)24-7-6-14(15)26-18/h4-5,8-10H,6-7H2,1-3H3,(H2,19,21)(H2,20,23)/t10-/m1/s1. The van der Waals surface area contributed by atoms with E-state index in [0.717, 1.165) is 22.6 Å². The Hall–Kier alpha value is -2.61. The molecule has 2 aromatic rings. The van der Waals surface area contributed by atoms with Crippen LogP contribution in [0.5, 0.6) is 11.5 Å². The van der Waals surface area contributed by atoms with Crippen LogP contribution in [0.3, 0.4) is 0 Å². The van der Waals surface area contributed by atoms with E-state index in [2.05, 4.69) is 10.3 Å². The predicted octanol–water partition coefficient (Wildman–Crippen LogP) is 2.32. The van der Waals surface area contributed by atoms with Gasteiger partial charge in [-0.2, -0.15) is 0 Å². The number of fused-ring (bicyclic) bond motifs is 3. The third kappa shape index (κ3) is 3.80. The molecule has 1 aliphatic rings. The maximum Gasteiger partial charge on any atom is 0.258 e. The Morgan fingerprint density at radius 2 is 2.19 bits per heavy atom. The summed E-state index contributed by atoms with van der Waals surface area (Å²) in [7, 11) is 0. The van der Waals surface area contributed by atoms with E-state index >= 15 is 0 Å². The van der Waals surface area contributed by atoms with Crippen LogP contribution in [0, 0.1) is 5.41 Å². The summed E-state index contributed by atoms with van der Waals surface area (Å²) in [4.78, 5) is 16.9. The minimum atomic E-state index is -0.720. The first-order chi connectivity index (χ1) is 12.3. The summed E-state index contributed by atoms with van der Waals surface area (Å²) in [6.07, 6.45) is 0.00712. The van der Waals surface area contributed by atoms with Gasteiger partial charge in [0.05, 0.1) is 12.3 Å². The van der Waals surface area contributed by atoms with Crippen LogP contribution < -0.4 is 20.5 Å². The number of carbonyl (C=O) groups is 1. The number of rotatable bonds is 5. The van der Waals surface area contributed by atoms with Gasteiger partial charge in [0.2, 0.25) is 0 Å². The van der Waals surface area contributed by atoms with Crippen molar-refractivity contribution in [1.82, 2.24) is 10.3 Å². The summed E-state index contributed by atoms with van der Waals surface area (Å²) in [5.74, 6) is 0.973. The lowest BCUT2D eigenvalue weighted by Crippen LogP contribution is -2.30. The number of primary amides is 1. The maximum atomic E-state index is 11.2. The molecule has 1 atom stereocenters. The molecule has 0 saturated heterocycles. The number of ether oxygens (including phenoxy) is 2. The Morgan fingerprint density at radius 1 is 1.42 bits per heavy atom. The van der Waals surface area contributed by atoms with E-state index in [1.54, 1.807) is 19.1 Å². The number of aromatic nitrogens is 1. The number of thiazole rings is 1. The number of benzene rings is 1. The summed E-state index contributed by atoms with van der Waals surface area (Å²) in [5, 5.41) is 11.9. The number of amidine groups is 1. The van der Waals surface area contributed by atoms with Gasteiger partial charge in [0.25, 0.3) is 5.91 Å². The molecule has 1 aromatic heterocycles. The Balaban J connectivity index is 1.92. The van der Waals surface area contributed by atoms with Crippen molar-refractivity contribution in [2.75, 3.05) is 6.61 Å². The molecule has 0 bridgehead atoms. The number of amides is 1. The smallest absolute Gasteiger partial charge is 0.258 e. The molecular weight excluding hydrogens is 352 g/mol. The SMILES string of the molecule is CC(C)NC(=N)c1nc2c(s1)CCOc1cc(O[C@H](C)C(N)=O)ccc1-2. The Labute approximate surface area is 156 Å². The molecule has 1 amide bonds. The van der Waals surface area contributed by atoms with Crippen LogP contribution in [0.4, 0.5) is 0 Å². The van der Waals surface area contributed by atoms with Gasteiger partial charge in [-0.15, -0.1) is 11.3 Å². The van der Waals surface area contributed by atoms with Crippen molar-refractivity contribution in [2.45, 2.75) is 39.3 Å². The van der Waals surface area contributed by atoms with Gasteiger partial charge in [-0.1, -0.05) is 0 Å². The van der Waals surface area contributed by atoms with Gasteiger partial charge in [-0.3, -0.25) is 10.2 Å². The monoisotopic (exact) mass is 374 g/mol. The number of nitrogens with two attached hydrogens (primary N) is 1. The van der Waals surface area contributed by atoms with Crippen molar-refractivity contribution in [1.29, 1.82) is 5.41 Å². The van der Waals surface area contributed by atoms with Crippen LogP contribution in [0.1, 0.15) is 30.7 Å². The zero-order valence-corrected chi connectivity index (χ0v) is 15.8. The number of nitrogens with zero attached hydrogens (tertiary/aromatic N) is 1. The summed E-state index contributed by atoms with van der Waals surface area (Å²) in [6, 6.07) is 5.56. The van der Waals surface area contributed by atoms with Crippen LogP contribution in [0.2, 0.25) is 0 Å². The highest BCUT2D eigenvalue weighted by Crippen LogP contribution is 2.39. The lowest BCUT2D eigenvalue weighted by atomic mass is 10.1. The Morgan fingerprint density at radius 3 is 2.88 bits per heavy atom. The molecule has 4 N–H and O–H groups in total. The molecule has 138 valence electrons. The number of hydrogen-bond acceptors (Lipinski definition) is 6. The van der Waals surface area contributed by atoms with Gasteiger partial charge in [0, 0.05) is 29.0 Å². The van der Waals surface area contributed by atoms with Crippen molar-refractivity contribution >= 4 is 23.1 Å². The Kier molecular flexibility index (Phi) is 5.13. The maximum absolute atomic E-state index is 11.2. The number of nitrogens with one attached hydrogen (secondary N) is 2. The predicted molar refractivity (Wildman–Crippen MR) is 101 cm³/mol. The second-order valence-electron chi connectivity index (χ2n) is 6.38. The molecule has 1 aliphatic heterocycles. The van der Waals surface area contributed by atoms with Gasteiger partial charge in [-0.25, -0.2) is 4.98 Å². The van der Waals surface area contributed by atoms with Gasteiger partial charge >= 0.3 is 0 Å². The average Bonchev–Trinajstić information content (AvgIpc) is 2.91. The largest absolute Gasteiger partial charge is 0.492 e. The van der Waals surface area contributed by atoms with E-state index in [-0.39, 0.29) is 6.04 Å². The minimum Gasteiger partial charge on any atom is -0.492 e. The van der Waals surface area contributed by atoms with E-state index < -0.39 is 12.0 Å². The van der Waals surface area contributed by atoms with Gasteiger partial charge in [0.1, 0.15) is 11.5 Å². The minimum absolute atomic E-state index is 0.175. The van der Waals surface area contributed by atoms with Gasteiger partial charge in [-0.05, 0) is 32.9 Å². The van der Waals surface area contributed by atoms with Gasteiger partial charge in [0.15, 0.2) is 16.9 Å². The van der Waals surface area contributed by atoms with Crippen molar-refractivity contribution in [3.8, 4) is 22.8 Å². The summed E-state index contributed by atoms with van der Waals surface area (Å²) in [6.45, 7) is 6.10. The van der Waals surface area contributed by atoms with Crippen LogP contribution in [0.25, 0.3) is 11.3 Å². The summed E-state index contributed by atoms with van der Waals surface area (Å²) in [5.41, 5.74) is 6.94. The van der Waals surface area contributed by atoms with Crippen LogP contribution in [-0.4, -0.2) is 35.5 Å². The molecule has 0 fully saturated rings. The van der Waals surface area contributed by atoms with Crippen LogP contribution in [-0.2, 0) is 11.2 Å². The number of carbonyl (C=O) groups excluding carboxylic acids is 1. The molecule has 1 aromatic carbocycles. The fourth-order valence-electron chi connectivity index (χ4n) is 2.60. The first kappa shape index (κ1) is 18.2. The van der Waals surface area contributed by atoms with E-state index in [4.69, 9.17) is 20.6 Å². The molecule has 26 heavy (non-hydrogen) atoms. The van der Waals surface area contributed by atoms with Crippen molar-refractivity contribution in [2.24, 2.45) is 5.73 Å². The molecular formula is C18H22N4O3S. The van der Waals surface area contributed by atoms with E-state index in [9.17, 15) is 4.79 Å². The quantitative estimate of drug-likeness (QED) is 0.549. The lowest BCUT2D eigenvalue weighted by molar-refractivity contribution is -0.123. The van der Waals surface area contributed by atoms with E-state index in [1.807, 2.05) is 19.9 Å². The first-order valence-corrected chi connectivity index (χ1v) is 9.25. The Bertz CT molecular complexity index is 847. The van der Waals surface area contributed by atoms with Crippen LogP contribution >= 0.6 is 11.3 Å². The molecule has 7 nitrogen and oxygen atoms in total. The molecule has 0 spiro atoms. The summed E-state index contributed by atoms with van der Waals surface area (Å²) < 4.78 is 11.4. The topological polar surface area (TPSA) is 110 Å². The first-order valence-electron chi connectivity index (χ1n) is 8.43.